The van der Waals surface area contributed by atoms with Gasteiger partial charge < -0.3 is 10.3 Å². The monoisotopic (exact) mass is 341 g/mol. The number of aromatic amines is 1. The van der Waals surface area contributed by atoms with E-state index in [4.69, 9.17) is 4.98 Å². The highest BCUT2D eigenvalue weighted by Crippen LogP contribution is 2.31. The van der Waals surface area contributed by atoms with Crippen molar-refractivity contribution >= 4 is 27.0 Å². The maximum Gasteiger partial charge on any atom is 0.116 e. The van der Waals surface area contributed by atoms with Gasteiger partial charge in [0.2, 0.25) is 0 Å². The van der Waals surface area contributed by atoms with Gasteiger partial charge in [-0.05, 0) is 35.7 Å². The summed E-state index contributed by atoms with van der Waals surface area (Å²) in [6, 6.07) is 12.8. The van der Waals surface area contributed by atoms with Gasteiger partial charge in [-0.15, -0.1) is 0 Å². The number of nitrogens with one attached hydrogen (secondary N) is 2. The summed E-state index contributed by atoms with van der Waals surface area (Å²) in [4.78, 5) is 8.37. The molecule has 1 unspecified atom stereocenters. The first-order chi connectivity index (χ1) is 10.2. The van der Waals surface area contributed by atoms with Crippen molar-refractivity contribution in [3.05, 3.63) is 63.4 Å². The zero-order valence-corrected chi connectivity index (χ0v) is 13.4. The lowest BCUT2D eigenvalue weighted by molar-refractivity contribution is 0.576. The number of aromatic nitrogens is 2. The van der Waals surface area contributed by atoms with Crippen LogP contribution in [0, 0.1) is 6.92 Å². The molecule has 0 saturated heterocycles. The van der Waals surface area contributed by atoms with E-state index in [1.165, 1.54) is 16.7 Å². The van der Waals surface area contributed by atoms with Crippen molar-refractivity contribution < 1.29 is 0 Å². The lowest BCUT2D eigenvalue weighted by Gasteiger charge is -2.24. The summed E-state index contributed by atoms with van der Waals surface area (Å²) in [6.07, 6.45) is 0. The molecule has 21 heavy (non-hydrogen) atoms. The van der Waals surface area contributed by atoms with Gasteiger partial charge in [-0.25, -0.2) is 4.98 Å². The molecule has 4 heteroatoms. The number of aryl methyl sites for hydroxylation is 1. The third-order valence-electron chi connectivity index (χ3n) is 4.18. The van der Waals surface area contributed by atoms with Gasteiger partial charge in [0.25, 0.3) is 0 Å². The van der Waals surface area contributed by atoms with Crippen LogP contribution in [0.15, 0.2) is 40.9 Å². The lowest BCUT2D eigenvalue weighted by atomic mass is 9.90. The molecule has 1 atom stereocenters. The van der Waals surface area contributed by atoms with Crippen molar-refractivity contribution in [2.75, 3.05) is 6.54 Å². The van der Waals surface area contributed by atoms with Crippen LogP contribution in [0.4, 0.5) is 0 Å². The molecule has 1 aromatic heterocycles. The Morgan fingerprint density at radius 2 is 2.10 bits per heavy atom. The zero-order valence-electron chi connectivity index (χ0n) is 11.8. The van der Waals surface area contributed by atoms with Crippen molar-refractivity contribution in [3.63, 3.8) is 0 Å². The average Bonchev–Trinajstić information content (AvgIpc) is 2.90. The molecule has 106 valence electrons. The number of fused-ring (bicyclic) bond motifs is 2. The Bertz CT molecular complexity index is 822. The molecule has 3 nitrogen and oxygen atoms in total. The summed E-state index contributed by atoms with van der Waals surface area (Å²) in [6.45, 7) is 3.97. The largest absolute Gasteiger partial charge is 0.341 e. The third-order valence-corrected chi connectivity index (χ3v) is 4.64. The van der Waals surface area contributed by atoms with Gasteiger partial charge in [-0.2, -0.15) is 0 Å². The maximum atomic E-state index is 4.86. The van der Waals surface area contributed by atoms with E-state index in [1.807, 2.05) is 0 Å². The zero-order chi connectivity index (χ0) is 14.4. The maximum absolute atomic E-state index is 4.86. The molecule has 0 radical (unpaired) electrons. The van der Waals surface area contributed by atoms with Gasteiger partial charge in [-0.3, -0.25) is 0 Å². The van der Waals surface area contributed by atoms with Gasteiger partial charge >= 0.3 is 0 Å². The molecule has 4 rings (SSSR count). The van der Waals surface area contributed by atoms with Gasteiger partial charge in [-0.1, -0.05) is 40.2 Å². The van der Waals surface area contributed by atoms with E-state index < -0.39 is 0 Å². The smallest absolute Gasteiger partial charge is 0.116 e. The molecule has 1 aliphatic rings. The molecule has 0 saturated carbocycles. The Morgan fingerprint density at radius 1 is 1.24 bits per heavy atom. The Hall–Kier alpha value is -1.65. The van der Waals surface area contributed by atoms with Crippen LogP contribution in [0.5, 0.6) is 0 Å². The predicted octanol–water partition coefficient (Wildman–Crippen LogP) is 3.87. The van der Waals surface area contributed by atoms with Gasteiger partial charge in [0.05, 0.1) is 17.0 Å². The fourth-order valence-electron chi connectivity index (χ4n) is 3.17. The van der Waals surface area contributed by atoms with Crippen LogP contribution in [0.3, 0.4) is 0 Å². The Balaban J connectivity index is 1.86. The highest BCUT2D eigenvalue weighted by molar-refractivity contribution is 9.10. The molecule has 2 N–H and O–H groups in total. The topological polar surface area (TPSA) is 40.7 Å². The number of imidazole rings is 1. The second kappa shape index (κ2) is 4.97. The minimum Gasteiger partial charge on any atom is -0.341 e. The van der Waals surface area contributed by atoms with Crippen LogP contribution < -0.4 is 5.32 Å². The van der Waals surface area contributed by atoms with E-state index >= 15 is 0 Å². The first kappa shape index (κ1) is 13.0. The fourth-order valence-corrected chi connectivity index (χ4v) is 3.74. The van der Waals surface area contributed by atoms with Crippen molar-refractivity contribution in [1.82, 2.24) is 15.3 Å². The van der Waals surface area contributed by atoms with Crippen molar-refractivity contribution in [1.29, 1.82) is 0 Å². The molecule has 3 aromatic rings. The van der Waals surface area contributed by atoms with E-state index in [0.717, 1.165) is 34.4 Å². The normalized spacial score (nSPS) is 17.9. The number of rotatable bonds is 1. The number of hydrogen-bond donors (Lipinski definition) is 2. The molecular weight excluding hydrogens is 326 g/mol. The molecule has 0 aliphatic carbocycles. The fraction of sp³-hybridized carbons (Fsp3) is 0.235. The van der Waals surface area contributed by atoms with Crippen LogP contribution in [-0.4, -0.2) is 16.5 Å². The Kier molecular flexibility index (Phi) is 3.08. The second-order valence-corrected chi connectivity index (χ2v) is 6.54. The number of halogens is 1. The van der Waals surface area contributed by atoms with Crippen molar-refractivity contribution in [2.45, 2.75) is 19.4 Å². The molecule has 2 aromatic carbocycles. The summed E-state index contributed by atoms with van der Waals surface area (Å²) < 4.78 is 1.09. The lowest BCUT2D eigenvalue weighted by Crippen LogP contribution is -2.29. The molecule has 1 aliphatic heterocycles. The van der Waals surface area contributed by atoms with Gasteiger partial charge in [0, 0.05) is 17.6 Å². The van der Waals surface area contributed by atoms with Crippen LogP contribution in [0.1, 0.15) is 28.4 Å². The quantitative estimate of drug-likeness (QED) is 0.705. The Labute approximate surface area is 131 Å². The third kappa shape index (κ3) is 2.19. The van der Waals surface area contributed by atoms with Gasteiger partial charge in [0.1, 0.15) is 5.82 Å². The van der Waals surface area contributed by atoms with E-state index in [2.05, 4.69) is 69.6 Å². The highest BCUT2D eigenvalue weighted by Gasteiger charge is 2.24. The first-order valence-electron chi connectivity index (χ1n) is 7.16. The summed E-state index contributed by atoms with van der Waals surface area (Å²) in [5, 5.41) is 3.49. The van der Waals surface area contributed by atoms with Crippen LogP contribution in [-0.2, 0) is 6.54 Å². The average molecular weight is 342 g/mol. The summed E-state index contributed by atoms with van der Waals surface area (Å²) in [7, 11) is 0. The number of hydrogen-bond acceptors (Lipinski definition) is 2. The minimum atomic E-state index is 0.292. The van der Waals surface area contributed by atoms with E-state index in [9.17, 15) is 0 Å². The minimum absolute atomic E-state index is 0.292. The number of benzene rings is 2. The molecule has 0 amide bonds. The summed E-state index contributed by atoms with van der Waals surface area (Å²) in [5.41, 5.74) is 6.11. The van der Waals surface area contributed by atoms with E-state index in [1.54, 1.807) is 0 Å². The Morgan fingerprint density at radius 3 is 3.00 bits per heavy atom. The summed E-state index contributed by atoms with van der Waals surface area (Å²) in [5.74, 6) is 1.34. The van der Waals surface area contributed by atoms with Crippen molar-refractivity contribution in [2.24, 2.45) is 0 Å². The highest BCUT2D eigenvalue weighted by atomic mass is 79.9. The molecule has 2 heterocycles. The summed E-state index contributed by atoms with van der Waals surface area (Å²) >= 11 is 3.55. The van der Waals surface area contributed by atoms with Crippen LogP contribution in [0.25, 0.3) is 11.0 Å². The first-order valence-corrected chi connectivity index (χ1v) is 7.96. The number of H-pyrrole nitrogens is 1. The van der Waals surface area contributed by atoms with E-state index in [-0.39, 0.29) is 0 Å². The van der Waals surface area contributed by atoms with Crippen LogP contribution >= 0.6 is 15.9 Å². The van der Waals surface area contributed by atoms with Gasteiger partial charge in [0.15, 0.2) is 0 Å². The molecule has 0 bridgehead atoms. The molecular formula is C17H16BrN3. The standard InChI is InChI=1S/C17H16BrN3/c1-10-6-12(18)7-15-16(10)21-17(20-15)14-9-19-8-11-4-2-3-5-13(11)14/h2-7,14,19H,8-9H2,1H3,(H,20,21). The molecule has 0 spiro atoms. The van der Waals surface area contributed by atoms with Crippen LogP contribution in [0.2, 0.25) is 0 Å². The van der Waals surface area contributed by atoms with Crippen molar-refractivity contribution in [3.8, 4) is 0 Å². The second-order valence-electron chi connectivity index (χ2n) is 5.62. The predicted molar refractivity (Wildman–Crippen MR) is 88.5 cm³/mol. The SMILES string of the molecule is Cc1cc(Br)cc2[nH]c(C3CNCc4ccccc43)nc12. The van der Waals surface area contributed by atoms with E-state index in [0.29, 0.717) is 5.92 Å². The molecule has 0 fully saturated rings. The number of nitrogens with zero attached hydrogens (tertiary/aromatic N) is 1.